The van der Waals surface area contributed by atoms with Crippen LogP contribution in [0.3, 0.4) is 0 Å². The summed E-state index contributed by atoms with van der Waals surface area (Å²) in [4.78, 5) is 18.1. The number of hydrogen-bond donors (Lipinski definition) is 0. The van der Waals surface area contributed by atoms with Gasteiger partial charge in [0, 0.05) is 22.8 Å². The zero-order valence-corrected chi connectivity index (χ0v) is 30.0. The third-order valence-electron chi connectivity index (χ3n) is 8.88. The maximum atomic E-state index is 4.81. The topological polar surface area (TPSA) is 49.6 Å². The minimum Gasteiger partial charge on any atom is -0.491 e. The van der Waals surface area contributed by atoms with Gasteiger partial charge in [0.25, 0.3) is 0 Å². The number of para-hydroxylation sites is 1. The standard InChI is InChI=1S/C24H19N2.C18H14N4.Ir/c1-15-11-12-21-20(13-15)18-9-4-5-10-19(18)24-25-14-22(26(21)24)23-16(2)7-6-8-17(23)3;1-21-13-22(15-10-6-3-7-11-15)16-12-19-17(20-18(16)21)14-8-4-2-5-9-14;/h4-9,11-14H,1-3H3;2-10,12-13H,1H3;/q-1;-2;+3. The van der Waals surface area contributed by atoms with E-state index in [-0.39, 0.29) is 20.1 Å². The van der Waals surface area contributed by atoms with Crippen molar-refractivity contribution >= 4 is 44.5 Å². The molecule has 1 aliphatic heterocycles. The van der Waals surface area contributed by atoms with Crippen LogP contribution in [0.15, 0.2) is 122 Å². The van der Waals surface area contributed by atoms with Crippen LogP contribution in [0.4, 0.5) is 17.2 Å². The molecule has 9 rings (SSSR count). The Balaban J connectivity index is 0.000000153. The molecule has 0 bridgehead atoms. The van der Waals surface area contributed by atoms with Crippen LogP contribution < -0.4 is 9.80 Å². The van der Waals surface area contributed by atoms with Gasteiger partial charge in [0.2, 0.25) is 0 Å². The molecular weight excluding hydrogens is 781 g/mol. The van der Waals surface area contributed by atoms with Gasteiger partial charge in [-0.25, -0.2) is 9.97 Å². The molecule has 0 fully saturated rings. The van der Waals surface area contributed by atoms with E-state index < -0.39 is 0 Å². The van der Waals surface area contributed by atoms with Gasteiger partial charge in [-0.2, -0.15) is 37.0 Å². The van der Waals surface area contributed by atoms with Crippen molar-refractivity contribution in [1.82, 2.24) is 19.4 Å². The maximum absolute atomic E-state index is 4.81. The van der Waals surface area contributed by atoms with Crippen molar-refractivity contribution in [3.05, 3.63) is 157 Å². The van der Waals surface area contributed by atoms with Gasteiger partial charge in [-0.1, -0.05) is 71.6 Å². The summed E-state index contributed by atoms with van der Waals surface area (Å²) in [7, 11) is 1.99. The fourth-order valence-corrected chi connectivity index (χ4v) is 6.61. The largest absolute Gasteiger partial charge is 3.00 e. The zero-order valence-electron chi connectivity index (χ0n) is 27.6. The molecule has 0 amide bonds. The summed E-state index contributed by atoms with van der Waals surface area (Å²) >= 11 is 0. The summed E-state index contributed by atoms with van der Waals surface area (Å²) in [6.45, 7) is 8.48. The van der Waals surface area contributed by atoms with Crippen molar-refractivity contribution in [2.24, 2.45) is 0 Å². The molecule has 3 aromatic heterocycles. The monoisotopic (exact) mass is 814 g/mol. The zero-order chi connectivity index (χ0) is 32.8. The summed E-state index contributed by atoms with van der Waals surface area (Å²) in [5.41, 5.74) is 11.3. The van der Waals surface area contributed by atoms with Crippen LogP contribution in [0, 0.1) is 39.6 Å². The molecular formula is C42H33IrN6. The number of nitrogens with zero attached hydrogens (tertiary/aromatic N) is 6. The van der Waals surface area contributed by atoms with Crippen molar-refractivity contribution < 1.29 is 20.1 Å². The molecule has 0 aliphatic carbocycles. The van der Waals surface area contributed by atoms with Crippen molar-refractivity contribution in [1.29, 1.82) is 0 Å². The Hall–Kier alpha value is -5.36. The number of aryl methyl sites for hydroxylation is 3. The van der Waals surface area contributed by atoms with Crippen LogP contribution in [-0.2, 0) is 20.1 Å². The summed E-state index contributed by atoms with van der Waals surface area (Å²) in [5.74, 6) is 1.63. The van der Waals surface area contributed by atoms with Gasteiger partial charge < -0.3 is 14.2 Å². The molecule has 0 saturated carbocycles. The van der Waals surface area contributed by atoms with Crippen LogP contribution in [0.1, 0.15) is 16.7 Å². The first-order valence-electron chi connectivity index (χ1n) is 16.0. The second kappa shape index (κ2) is 13.3. The molecule has 0 radical (unpaired) electrons. The molecule has 49 heavy (non-hydrogen) atoms. The second-order valence-corrected chi connectivity index (χ2v) is 12.2. The summed E-state index contributed by atoms with van der Waals surface area (Å²) < 4.78 is 2.29. The average Bonchev–Trinajstić information content (AvgIpc) is 3.71. The smallest absolute Gasteiger partial charge is 0.491 e. The van der Waals surface area contributed by atoms with E-state index in [0.29, 0.717) is 0 Å². The predicted molar refractivity (Wildman–Crippen MR) is 196 cm³/mol. The quantitative estimate of drug-likeness (QED) is 0.131. The first-order chi connectivity index (χ1) is 23.5. The molecule has 7 heteroatoms. The molecule has 0 spiro atoms. The average molecular weight is 814 g/mol. The molecule has 1 aliphatic rings. The van der Waals surface area contributed by atoms with Crippen LogP contribution in [-0.4, -0.2) is 26.4 Å². The normalized spacial score (nSPS) is 12.2. The van der Waals surface area contributed by atoms with E-state index in [1.54, 1.807) is 0 Å². The molecule has 0 N–H and O–H groups in total. The number of anilines is 3. The van der Waals surface area contributed by atoms with E-state index in [1.165, 1.54) is 38.5 Å². The van der Waals surface area contributed by atoms with Gasteiger partial charge in [-0.3, -0.25) is 4.98 Å². The van der Waals surface area contributed by atoms with Crippen LogP contribution in [0.25, 0.3) is 50.0 Å². The molecule has 8 aromatic rings. The van der Waals surface area contributed by atoms with E-state index in [2.05, 4.69) is 90.8 Å². The fourth-order valence-electron chi connectivity index (χ4n) is 6.61. The van der Waals surface area contributed by atoms with E-state index in [9.17, 15) is 0 Å². The Kier molecular flexibility index (Phi) is 8.72. The van der Waals surface area contributed by atoms with Gasteiger partial charge in [0.15, 0.2) is 5.82 Å². The number of rotatable bonds is 3. The Morgan fingerprint density at radius 1 is 0.714 bits per heavy atom. The van der Waals surface area contributed by atoms with Crippen molar-refractivity contribution in [3.8, 4) is 22.6 Å². The first kappa shape index (κ1) is 32.2. The number of hydrogen-bond acceptors (Lipinski definition) is 5. The van der Waals surface area contributed by atoms with Crippen molar-refractivity contribution in [3.63, 3.8) is 0 Å². The predicted octanol–water partition coefficient (Wildman–Crippen LogP) is 9.68. The molecule has 4 heterocycles. The van der Waals surface area contributed by atoms with Crippen molar-refractivity contribution in [2.75, 3.05) is 16.8 Å². The third kappa shape index (κ3) is 5.75. The van der Waals surface area contributed by atoms with Gasteiger partial charge in [-0.05, 0) is 50.4 Å². The van der Waals surface area contributed by atoms with Crippen LogP contribution >= 0.6 is 0 Å². The summed E-state index contributed by atoms with van der Waals surface area (Å²) in [6.07, 6.45) is 3.87. The molecule has 240 valence electrons. The molecule has 0 saturated heterocycles. The van der Waals surface area contributed by atoms with Crippen molar-refractivity contribution in [2.45, 2.75) is 20.8 Å². The Morgan fingerprint density at radius 3 is 2.27 bits per heavy atom. The van der Waals surface area contributed by atoms with Crippen LogP contribution in [0.2, 0.25) is 0 Å². The second-order valence-electron chi connectivity index (χ2n) is 12.2. The number of fused-ring (bicyclic) bond motifs is 7. The SMILES string of the molecule is CN1[CH-]N(c2[c-]cccc2)c2cnc(-c3ccccc3)nc21.Cc1ccc2c(c1)c1ccc[c-]c1c1ncc(-c3c(C)cccc3C)n21.[Ir+3]. The van der Waals surface area contributed by atoms with E-state index in [0.717, 1.165) is 45.3 Å². The molecule has 0 unspecified atom stereocenters. The van der Waals surface area contributed by atoms with E-state index >= 15 is 0 Å². The minimum absolute atomic E-state index is 0. The summed E-state index contributed by atoms with van der Waals surface area (Å²) in [5, 5.41) is 3.52. The van der Waals surface area contributed by atoms with E-state index in [4.69, 9.17) is 9.97 Å². The van der Waals surface area contributed by atoms with Gasteiger partial charge in [-0.15, -0.1) is 35.3 Å². The van der Waals surface area contributed by atoms with Gasteiger partial charge in [0.05, 0.1) is 23.2 Å². The third-order valence-corrected chi connectivity index (χ3v) is 8.88. The molecule has 0 atom stereocenters. The Morgan fingerprint density at radius 2 is 1.49 bits per heavy atom. The minimum atomic E-state index is 0. The number of benzene rings is 5. The number of aromatic nitrogens is 4. The Bertz CT molecular complexity index is 2420. The van der Waals surface area contributed by atoms with Gasteiger partial charge >= 0.3 is 20.1 Å². The van der Waals surface area contributed by atoms with Crippen LogP contribution in [0.5, 0.6) is 0 Å². The molecule has 6 nitrogen and oxygen atoms in total. The number of pyridine rings is 1. The Labute approximate surface area is 300 Å². The first-order valence-corrected chi connectivity index (χ1v) is 16.0. The van der Waals surface area contributed by atoms with Gasteiger partial charge in [0.1, 0.15) is 5.82 Å². The molecule has 5 aromatic carbocycles. The summed E-state index contributed by atoms with van der Waals surface area (Å²) in [6, 6.07) is 43.8. The fraction of sp³-hybridized carbons (Fsp3) is 0.0952. The maximum Gasteiger partial charge on any atom is 3.00 e. The van der Waals surface area contributed by atoms with E-state index in [1.807, 2.05) is 96.6 Å². The number of imidazole rings is 1.